The fraction of sp³-hybridized carbons (Fsp3) is 0.235. The van der Waals surface area contributed by atoms with E-state index in [1.165, 1.54) is 4.88 Å². The van der Waals surface area contributed by atoms with Crippen LogP contribution < -0.4 is 10.6 Å². The Balaban J connectivity index is 0.00000225. The summed E-state index contributed by atoms with van der Waals surface area (Å²) in [7, 11) is 1.76. The second-order valence-corrected chi connectivity index (χ2v) is 6.59. The van der Waals surface area contributed by atoms with Gasteiger partial charge in [-0.1, -0.05) is 18.2 Å². The Morgan fingerprint density at radius 3 is 2.60 bits per heavy atom. The molecule has 0 aliphatic rings. The Hall–Kier alpha value is -1.94. The van der Waals surface area contributed by atoms with Crippen molar-refractivity contribution in [2.75, 3.05) is 7.05 Å². The number of aromatic nitrogens is 3. The fourth-order valence-corrected chi connectivity index (χ4v) is 2.95. The molecule has 2 aromatic heterocycles. The zero-order valence-corrected chi connectivity index (χ0v) is 17.3. The van der Waals surface area contributed by atoms with Crippen LogP contribution >= 0.6 is 35.3 Å². The highest BCUT2D eigenvalue weighted by atomic mass is 127. The average molecular weight is 468 g/mol. The number of benzene rings is 1. The summed E-state index contributed by atoms with van der Waals surface area (Å²) in [5.41, 5.74) is 2.14. The molecule has 0 bridgehead atoms. The monoisotopic (exact) mass is 468 g/mol. The first-order valence-electron chi connectivity index (χ1n) is 7.69. The van der Waals surface area contributed by atoms with Gasteiger partial charge in [0.05, 0.1) is 18.4 Å². The van der Waals surface area contributed by atoms with Crippen LogP contribution in [0.3, 0.4) is 0 Å². The highest BCUT2D eigenvalue weighted by Crippen LogP contribution is 2.10. The van der Waals surface area contributed by atoms with Crippen LogP contribution in [0.1, 0.15) is 15.4 Å². The molecule has 132 valence electrons. The fourth-order valence-electron chi connectivity index (χ4n) is 2.22. The quantitative estimate of drug-likeness (QED) is 0.343. The number of hydrogen-bond acceptors (Lipinski definition) is 4. The SMILES string of the molecule is CN=C(NCc1cnn(-c2ccccc2)c1)NCc1ncc(C)s1.I. The largest absolute Gasteiger partial charge is 0.352 e. The summed E-state index contributed by atoms with van der Waals surface area (Å²) in [5.74, 6) is 0.746. The Bertz CT molecular complexity index is 811. The Kier molecular flexibility index (Phi) is 7.38. The van der Waals surface area contributed by atoms with Crippen LogP contribution in [-0.4, -0.2) is 27.8 Å². The van der Waals surface area contributed by atoms with Crippen LogP contribution in [0.15, 0.2) is 53.9 Å². The lowest BCUT2D eigenvalue weighted by atomic mass is 10.3. The third-order valence-electron chi connectivity index (χ3n) is 3.42. The van der Waals surface area contributed by atoms with Gasteiger partial charge in [0.2, 0.25) is 0 Å². The van der Waals surface area contributed by atoms with E-state index in [1.54, 1.807) is 18.4 Å². The summed E-state index contributed by atoms with van der Waals surface area (Å²) >= 11 is 1.69. The molecule has 0 saturated carbocycles. The van der Waals surface area contributed by atoms with Crippen molar-refractivity contribution < 1.29 is 0 Å². The minimum atomic E-state index is 0. The lowest BCUT2D eigenvalue weighted by Crippen LogP contribution is -2.36. The van der Waals surface area contributed by atoms with Gasteiger partial charge in [0, 0.05) is 36.4 Å². The van der Waals surface area contributed by atoms with Crippen molar-refractivity contribution >= 4 is 41.3 Å². The van der Waals surface area contributed by atoms with E-state index >= 15 is 0 Å². The number of thiazole rings is 1. The standard InChI is InChI=1S/C17H20N6S.HI/c1-13-8-19-16(24-13)11-21-17(18-2)20-9-14-10-22-23(12-14)15-6-4-3-5-7-15;/h3-8,10,12H,9,11H2,1-2H3,(H2,18,20,21);1H. The van der Waals surface area contributed by atoms with Crippen LogP contribution in [0.4, 0.5) is 0 Å². The van der Waals surface area contributed by atoms with Crippen molar-refractivity contribution in [3.8, 4) is 5.69 Å². The van der Waals surface area contributed by atoms with E-state index in [0.29, 0.717) is 13.1 Å². The summed E-state index contributed by atoms with van der Waals surface area (Å²) in [4.78, 5) is 9.78. The van der Waals surface area contributed by atoms with Crippen molar-refractivity contribution in [3.63, 3.8) is 0 Å². The van der Waals surface area contributed by atoms with Crippen LogP contribution in [0, 0.1) is 6.92 Å². The first-order chi connectivity index (χ1) is 11.7. The molecule has 2 heterocycles. The maximum atomic E-state index is 4.39. The highest BCUT2D eigenvalue weighted by molar-refractivity contribution is 14.0. The van der Waals surface area contributed by atoms with Crippen LogP contribution in [0.2, 0.25) is 0 Å². The number of nitrogens with zero attached hydrogens (tertiary/aromatic N) is 4. The van der Waals surface area contributed by atoms with E-state index in [1.807, 2.05) is 53.6 Å². The van der Waals surface area contributed by atoms with Crippen molar-refractivity contribution in [3.05, 3.63) is 64.4 Å². The van der Waals surface area contributed by atoms with E-state index in [-0.39, 0.29) is 24.0 Å². The van der Waals surface area contributed by atoms with Crippen molar-refractivity contribution in [1.82, 2.24) is 25.4 Å². The van der Waals surface area contributed by atoms with Gasteiger partial charge in [0.25, 0.3) is 0 Å². The predicted octanol–water partition coefficient (Wildman–Crippen LogP) is 3.12. The minimum Gasteiger partial charge on any atom is -0.352 e. The number of nitrogens with one attached hydrogen (secondary N) is 2. The molecule has 0 amide bonds. The maximum absolute atomic E-state index is 4.39. The van der Waals surface area contributed by atoms with Gasteiger partial charge in [-0.15, -0.1) is 35.3 Å². The predicted molar refractivity (Wildman–Crippen MR) is 113 cm³/mol. The smallest absolute Gasteiger partial charge is 0.191 e. The first kappa shape index (κ1) is 19.4. The van der Waals surface area contributed by atoms with Gasteiger partial charge in [-0.25, -0.2) is 9.67 Å². The van der Waals surface area contributed by atoms with Crippen molar-refractivity contribution in [2.24, 2.45) is 4.99 Å². The van der Waals surface area contributed by atoms with E-state index < -0.39 is 0 Å². The minimum absolute atomic E-state index is 0. The molecule has 3 rings (SSSR count). The van der Waals surface area contributed by atoms with Gasteiger partial charge in [0.15, 0.2) is 5.96 Å². The lowest BCUT2D eigenvalue weighted by molar-refractivity contribution is 0.804. The number of aliphatic imine (C=N–C) groups is 1. The van der Waals surface area contributed by atoms with Crippen molar-refractivity contribution in [1.29, 1.82) is 0 Å². The molecule has 0 fully saturated rings. The molecule has 0 radical (unpaired) electrons. The van der Waals surface area contributed by atoms with Crippen LogP contribution in [0.25, 0.3) is 5.69 Å². The normalized spacial score (nSPS) is 11.0. The zero-order chi connectivity index (χ0) is 16.8. The molecule has 0 aliphatic carbocycles. The summed E-state index contributed by atoms with van der Waals surface area (Å²) in [6.45, 7) is 3.38. The molecule has 25 heavy (non-hydrogen) atoms. The molecule has 2 N–H and O–H groups in total. The summed E-state index contributed by atoms with van der Waals surface area (Å²) < 4.78 is 1.87. The molecular weight excluding hydrogens is 447 g/mol. The number of hydrogen-bond donors (Lipinski definition) is 2. The van der Waals surface area contributed by atoms with Crippen molar-refractivity contribution in [2.45, 2.75) is 20.0 Å². The maximum Gasteiger partial charge on any atom is 0.191 e. The van der Waals surface area contributed by atoms with Crippen LogP contribution in [0.5, 0.6) is 0 Å². The van der Waals surface area contributed by atoms with Gasteiger partial charge >= 0.3 is 0 Å². The van der Waals surface area contributed by atoms with Crippen LogP contribution in [-0.2, 0) is 13.1 Å². The molecular formula is C17H21IN6S. The molecule has 8 heteroatoms. The molecule has 0 saturated heterocycles. The molecule has 3 aromatic rings. The van der Waals surface area contributed by atoms with Gasteiger partial charge in [-0.2, -0.15) is 5.10 Å². The summed E-state index contributed by atoms with van der Waals surface area (Å²) in [6.07, 6.45) is 5.76. The van der Waals surface area contributed by atoms with E-state index in [0.717, 1.165) is 22.2 Å². The molecule has 0 aliphatic heterocycles. The topological polar surface area (TPSA) is 67.1 Å². The Morgan fingerprint density at radius 2 is 1.92 bits per heavy atom. The number of halogens is 1. The number of aryl methyl sites for hydroxylation is 1. The summed E-state index contributed by atoms with van der Waals surface area (Å²) in [5, 5.41) is 12.0. The van der Waals surface area contributed by atoms with Gasteiger partial charge < -0.3 is 10.6 Å². The third-order valence-corrected chi connectivity index (χ3v) is 4.33. The second-order valence-electron chi connectivity index (χ2n) is 5.27. The van der Waals surface area contributed by atoms with Gasteiger partial charge in [-0.3, -0.25) is 4.99 Å². The van der Waals surface area contributed by atoms with E-state index in [4.69, 9.17) is 0 Å². The molecule has 6 nitrogen and oxygen atoms in total. The third kappa shape index (κ3) is 5.53. The molecule has 0 atom stereocenters. The average Bonchev–Trinajstić information content (AvgIpc) is 3.25. The molecule has 0 spiro atoms. The summed E-state index contributed by atoms with van der Waals surface area (Å²) in [6, 6.07) is 10.1. The van der Waals surface area contributed by atoms with Gasteiger partial charge in [0.1, 0.15) is 5.01 Å². The molecule has 1 aromatic carbocycles. The lowest BCUT2D eigenvalue weighted by Gasteiger charge is -2.09. The Labute approximate surface area is 168 Å². The van der Waals surface area contributed by atoms with Gasteiger partial charge in [-0.05, 0) is 19.1 Å². The number of para-hydroxylation sites is 1. The highest BCUT2D eigenvalue weighted by Gasteiger charge is 2.04. The number of guanidine groups is 1. The van der Waals surface area contributed by atoms with E-state index in [9.17, 15) is 0 Å². The molecule has 0 unspecified atom stereocenters. The zero-order valence-electron chi connectivity index (χ0n) is 14.1. The second kappa shape index (κ2) is 9.52. The first-order valence-corrected chi connectivity index (χ1v) is 8.51. The number of rotatable bonds is 5. The Morgan fingerprint density at radius 1 is 1.16 bits per heavy atom. The van der Waals surface area contributed by atoms with E-state index in [2.05, 4.69) is 32.6 Å².